The van der Waals surface area contributed by atoms with Gasteiger partial charge in [0.1, 0.15) is 0 Å². The Morgan fingerprint density at radius 2 is 1.30 bits per heavy atom. The summed E-state index contributed by atoms with van der Waals surface area (Å²) in [6.07, 6.45) is 0.982. The summed E-state index contributed by atoms with van der Waals surface area (Å²) in [5.41, 5.74) is 5.55. The number of urea groups is 1. The topological polar surface area (TPSA) is 40.6 Å². The highest BCUT2D eigenvalue weighted by molar-refractivity contribution is 5.97. The highest BCUT2D eigenvalue weighted by atomic mass is 16.2. The minimum Gasteiger partial charge on any atom is -0.322 e. The number of hydrogen-bond acceptors (Lipinski definition) is 2. The maximum Gasteiger partial charge on any atom is 0.327 e. The average Bonchev–Trinajstić information content (AvgIpc) is 3.18. The van der Waals surface area contributed by atoms with Crippen LogP contribution < -0.4 is 0 Å². The summed E-state index contributed by atoms with van der Waals surface area (Å²) in [5, 5.41) is 0. The number of likely N-dealkylation sites (N-methyl/N-ethyl adjacent to an activating group) is 1. The van der Waals surface area contributed by atoms with Crippen LogP contribution in [0.25, 0.3) is 11.1 Å². The van der Waals surface area contributed by atoms with E-state index in [1.54, 1.807) is 11.9 Å². The van der Waals surface area contributed by atoms with Gasteiger partial charge in [-0.05, 0) is 47.1 Å². The third-order valence-corrected chi connectivity index (χ3v) is 7.50. The van der Waals surface area contributed by atoms with Crippen LogP contribution in [0.15, 0.2) is 115 Å². The number of benzene rings is 4. The van der Waals surface area contributed by atoms with E-state index in [0.29, 0.717) is 0 Å². The molecule has 3 amide bonds. The maximum atomic E-state index is 13.9. The molecule has 0 N–H and O–H groups in total. The lowest BCUT2D eigenvalue weighted by molar-refractivity contribution is -0.129. The first-order chi connectivity index (χ1) is 18.0. The van der Waals surface area contributed by atoms with E-state index in [2.05, 4.69) is 48.5 Å². The Morgan fingerprint density at radius 3 is 1.92 bits per heavy atom. The largest absolute Gasteiger partial charge is 0.327 e. The van der Waals surface area contributed by atoms with Crippen LogP contribution in [-0.2, 0) is 11.2 Å². The first-order valence-electron chi connectivity index (χ1n) is 12.9. The molecule has 0 bridgehead atoms. The summed E-state index contributed by atoms with van der Waals surface area (Å²) in [7, 11) is 1.78. The highest BCUT2D eigenvalue weighted by Crippen LogP contribution is 2.37. The minimum absolute atomic E-state index is 0.0508. The van der Waals surface area contributed by atoms with E-state index >= 15 is 0 Å². The Hall–Kier alpha value is -4.18. The molecule has 0 radical (unpaired) electrons. The van der Waals surface area contributed by atoms with Gasteiger partial charge in [-0.15, -0.1) is 0 Å². The van der Waals surface area contributed by atoms with Crippen LogP contribution >= 0.6 is 0 Å². The molecule has 4 aromatic carbocycles. The standard InChI is InChI=1S/C33H32N2O2/c1-24-32(29-16-10-5-11-17-29)35(33(37)34(24)2)31(36)23-30(22-25-12-6-3-7-13-25)28-20-18-27(19-21-28)26-14-8-4-9-15-26/h3-21,24,30,32H,22-23H2,1-2H3/t24-,30+,32-/m1/s1. The second-order valence-electron chi connectivity index (χ2n) is 9.83. The molecule has 0 unspecified atom stereocenters. The smallest absolute Gasteiger partial charge is 0.322 e. The second-order valence-corrected chi connectivity index (χ2v) is 9.83. The van der Waals surface area contributed by atoms with Gasteiger partial charge in [0.15, 0.2) is 0 Å². The number of imide groups is 1. The minimum atomic E-state index is -0.302. The summed E-state index contributed by atoms with van der Waals surface area (Å²) in [5.74, 6) is -0.187. The Kier molecular flexibility index (Phi) is 7.18. The van der Waals surface area contributed by atoms with E-state index < -0.39 is 0 Å². The van der Waals surface area contributed by atoms with Gasteiger partial charge in [0.25, 0.3) is 0 Å². The maximum absolute atomic E-state index is 13.9. The molecule has 4 heteroatoms. The lowest BCUT2D eigenvalue weighted by Crippen LogP contribution is -2.37. The first-order valence-corrected chi connectivity index (χ1v) is 12.9. The Bertz CT molecular complexity index is 1340. The fourth-order valence-corrected chi connectivity index (χ4v) is 5.32. The van der Waals surface area contributed by atoms with Gasteiger partial charge in [0, 0.05) is 13.5 Å². The van der Waals surface area contributed by atoms with Crippen molar-refractivity contribution in [1.82, 2.24) is 9.80 Å². The molecule has 5 rings (SSSR count). The zero-order valence-corrected chi connectivity index (χ0v) is 21.3. The van der Waals surface area contributed by atoms with E-state index in [0.717, 1.165) is 28.7 Å². The average molecular weight is 489 g/mol. The molecule has 1 aliphatic heterocycles. The van der Waals surface area contributed by atoms with Crippen LogP contribution in [0, 0.1) is 0 Å². The molecule has 1 heterocycles. The SMILES string of the molecule is C[C@@H]1[C@H](c2ccccc2)N(C(=O)C[C@H](Cc2ccccc2)c2ccc(-c3ccccc3)cc2)C(=O)N1C. The van der Waals surface area contributed by atoms with Gasteiger partial charge in [-0.1, -0.05) is 115 Å². The fraction of sp³-hybridized carbons (Fsp3) is 0.212. The molecule has 0 aromatic heterocycles. The normalized spacial score (nSPS) is 18.2. The van der Waals surface area contributed by atoms with Crippen molar-refractivity contribution in [3.05, 3.63) is 132 Å². The van der Waals surface area contributed by atoms with Crippen molar-refractivity contribution in [3.8, 4) is 11.1 Å². The second kappa shape index (κ2) is 10.8. The van der Waals surface area contributed by atoms with Gasteiger partial charge in [0.2, 0.25) is 5.91 Å². The van der Waals surface area contributed by atoms with Crippen LogP contribution in [0.5, 0.6) is 0 Å². The van der Waals surface area contributed by atoms with Crippen molar-refractivity contribution in [2.45, 2.75) is 37.8 Å². The molecule has 0 saturated carbocycles. The van der Waals surface area contributed by atoms with Crippen molar-refractivity contribution < 1.29 is 9.59 Å². The van der Waals surface area contributed by atoms with Gasteiger partial charge in [0.05, 0.1) is 12.1 Å². The Balaban J connectivity index is 1.44. The number of nitrogens with zero attached hydrogens (tertiary/aromatic N) is 2. The van der Waals surface area contributed by atoms with Crippen molar-refractivity contribution >= 4 is 11.9 Å². The van der Waals surface area contributed by atoms with Crippen molar-refractivity contribution in [2.24, 2.45) is 0 Å². The third-order valence-electron chi connectivity index (χ3n) is 7.50. The molecular weight excluding hydrogens is 456 g/mol. The molecule has 1 aliphatic rings. The zero-order chi connectivity index (χ0) is 25.8. The number of rotatable bonds is 7. The van der Waals surface area contributed by atoms with E-state index in [-0.39, 0.29) is 36.4 Å². The summed E-state index contributed by atoms with van der Waals surface area (Å²) >= 11 is 0. The third kappa shape index (κ3) is 5.19. The predicted molar refractivity (Wildman–Crippen MR) is 148 cm³/mol. The van der Waals surface area contributed by atoms with Crippen LogP contribution in [0.1, 0.15) is 42.0 Å². The zero-order valence-electron chi connectivity index (χ0n) is 21.3. The molecule has 1 saturated heterocycles. The number of amides is 3. The quantitative estimate of drug-likeness (QED) is 0.279. The lowest BCUT2D eigenvalue weighted by Gasteiger charge is -2.26. The van der Waals surface area contributed by atoms with Crippen LogP contribution in [0.2, 0.25) is 0 Å². The summed E-state index contributed by atoms with van der Waals surface area (Å²) in [6.45, 7) is 2.01. The van der Waals surface area contributed by atoms with Gasteiger partial charge < -0.3 is 4.90 Å². The summed E-state index contributed by atoms with van der Waals surface area (Å²) in [4.78, 5) is 30.3. The molecule has 186 valence electrons. The van der Waals surface area contributed by atoms with Crippen LogP contribution in [0.4, 0.5) is 4.79 Å². The van der Waals surface area contributed by atoms with E-state index in [9.17, 15) is 9.59 Å². The number of hydrogen-bond donors (Lipinski definition) is 0. The number of carbonyl (C=O) groups is 2. The van der Waals surface area contributed by atoms with Crippen LogP contribution in [-0.4, -0.2) is 34.8 Å². The molecule has 1 fully saturated rings. The molecule has 4 aromatic rings. The number of carbonyl (C=O) groups excluding carboxylic acids is 2. The van der Waals surface area contributed by atoms with Crippen LogP contribution in [0.3, 0.4) is 0 Å². The van der Waals surface area contributed by atoms with E-state index in [4.69, 9.17) is 0 Å². The van der Waals surface area contributed by atoms with Crippen molar-refractivity contribution in [1.29, 1.82) is 0 Å². The Morgan fingerprint density at radius 1 is 0.757 bits per heavy atom. The van der Waals surface area contributed by atoms with Crippen molar-refractivity contribution in [2.75, 3.05) is 7.05 Å². The highest BCUT2D eigenvalue weighted by Gasteiger charge is 2.45. The predicted octanol–water partition coefficient (Wildman–Crippen LogP) is 7.09. The van der Waals surface area contributed by atoms with Crippen molar-refractivity contribution in [3.63, 3.8) is 0 Å². The molecule has 4 nitrogen and oxygen atoms in total. The van der Waals surface area contributed by atoms with E-state index in [1.165, 1.54) is 10.5 Å². The lowest BCUT2D eigenvalue weighted by atomic mass is 9.87. The summed E-state index contributed by atoms with van der Waals surface area (Å²) < 4.78 is 0. The van der Waals surface area contributed by atoms with Gasteiger partial charge in [-0.3, -0.25) is 9.69 Å². The molecule has 37 heavy (non-hydrogen) atoms. The van der Waals surface area contributed by atoms with E-state index in [1.807, 2.05) is 73.7 Å². The first kappa shape index (κ1) is 24.5. The fourth-order valence-electron chi connectivity index (χ4n) is 5.32. The molecular formula is C33H32N2O2. The molecule has 0 aliphatic carbocycles. The van der Waals surface area contributed by atoms with Gasteiger partial charge >= 0.3 is 6.03 Å². The van der Waals surface area contributed by atoms with Gasteiger partial charge in [-0.2, -0.15) is 0 Å². The molecule has 0 spiro atoms. The monoisotopic (exact) mass is 488 g/mol. The Labute approximate surface area is 219 Å². The summed E-state index contributed by atoms with van der Waals surface area (Å²) in [6, 6.07) is 38.3. The van der Waals surface area contributed by atoms with Gasteiger partial charge in [-0.25, -0.2) is 4.79 Å². The molecule has 3 atom stereocenters.